The molecule has 0 spiro atoms. The molecule has 0 aromatic heterocycles. The third-order valence-corrected chi connectivity index (χ3v) is 7.85. The number of hydrogen-bond donors (Lipinski definition) is 1. The Labute approximate surface area is 289 Å². The van der Waals surface area contributed by atoms with Crippen LogP contribution in [0.5, 0.6) is 0 Å². The molecule has 4 rings (SSSR count). The molecule has 11 atom stereocenters. The van der Waals surface area contributed by atoms with E-state index in [-0.39, 0.29) is 13.2 Å². The van der Waals surface area contributed by atoms with Crippen molar-refractivity contribution in [3.8, 4) is 0 Å². The second-order valence-corrected chi connectivity index (χ2v) is 11.9. The molecule has 276 valence electrons. The largest absolute Gasteiger partial charge is 0.463 e. The molecule has 1 amide bonds. The number of allylic oxidation sites excluding steroid dienone is 1. The highest BCUT2D eigenvalue weighted by molar-refractivity contribution is 5.73. The van der Waals surface area contributed by atoms with Crippen molar-refractivity contribution in [1.82, 2.24) is 5.32 Å². The van der Waals surface area contributed by atoms with Crippen molar-refractivity contribution in [1.29, 1.82) is 0 Å². The maximum Gasteiger partial charge on any atom is 0.303 e. The van der Waals surface area contributed by atoms with Crippen LogP contribution in [0.15, 0.2) is 43.0 Å². The fourth-order valence-electron chi connectivity index (χ4n) is 5.92. The van der Waals surface area contributed by atoms with Crippen LogP contribution in [-0.2, 0) is 71.3 Å². The molecule has 0 radical (unpaired) electrons. The van der Waals surface area contributed by atoms with Crippen LogP contribution >= 0.6 is 0 Å². The van der Waals surface area contributed by atoms with Crippen LogP contribution in [0.4, 0.5) is 0 Å². The number of carbonyl (C=O) groups is 5. The van der Waals surface area contributed by atoms with Gasteiger partial charge in [-0.15, -0.1) is 6.58 Å². The first-order valence-electron chi connectivity index (χ1n) is 16.3. The van der Waals surface area contributed by atoms with E-state index in [0.717, 1.165) is 20.8 Å². The minimum Gasteiger partial charge on any atom is -0.463 e. The summed E-state index contributed by atoms with van der Waals surface area (Å²) >= 11 is 0. The number of fused-ring (bicyclic) bond motifs is 1. The first-order chi connectivity index (χ1) is 23.9. The Hall–Kier alpha value is -3.93. The van der Waals surface area contributed by atoms with Crippen molar-refractivity contribution < 1.29 is 71.3 Å². The molecule has 0 aliphatic carbocycles. The molecule has 1 N–H and O–H groups in total. The molecule has 1 aromatic rings. The van der Waals surface area contributed by atoms with Gasteiger partial charge in [-0.25, -0.2) is 0 Å². The van der Waals surface area contributed by atoms with Gasteiger partial charge in [0, 0.05) is 40.2 Å². The summed E-state index contributed by atoms with van der Waals surface area (Å²) in [4.78, 5) is 61.5. The van der Waals surface area contributed by atoms with E-state index in [1.807, 2.05) is 30.3 Å². The van der Waals surface area contributed by atoms with E-state index in [4.69, 9.17) is 47.4 Å². The SMILES string of the molecule is C=CCCCO[C@@H]1OC2COC(c3ccccc3)O[C@@H]2[C@H](O[C@@H]2OC(COC(C)=O)[C@H](OC(C)=O)C(OC(C)=O)[C@@H]2OC(C)=O)C1NC(C)=O. The zero-order valence-electron chi connectivity index (χ0n) is 28.7. The predicted octanol–water partition coefficient (Wildman–Crippen LogP) is 1.78. The van der Waals surface area contributed by atoms with Gasteiger partial charge in [-0.2, -0.15) is 0 Å². The third kappa shape index (κ3) is 10.5. The van der Waals surface area contributed by atoms with E-state index < -0.39 is 104 Å². The molecule has 0 bridgehead atoms. The van der Waals surface area contributed by atoms with Gasteiger partial charge < -0.3 is 52.7 Å². The fourth-order valence-corrected chi connectivity index (χ4v) is 5.92. The summed E-state index contributed by atoms with van der Waals surface area (Å²) in [6, 6.07) is 8.10. The summed E-state index contributed by atoms with van der Waals surface area (Å²) in [5.41, 5.74) is 0.705. The average molecular weight is 708 g/mol. The molecule has 0 saturated carbocycles. The lowest BCUT2D eigenvalue weighted by Gasteiger charge is -2.51. The normalized spacial score (nSPS) is 32.1. The standard InChI is InChI=1S/C34H45NO15/c1-7-8-12-15-41-33-26(35-18(2)36)29(27-25(47-33)17-43-32(49-27)23-13-10-9-11-14-23)50-34-31(46-22(6)40)30(45-21(5)39)28(44-20(4)38)24(48-34)16-42-19(3)37/h7,9-11,13-14,24-34H,1,8,12,15-17H2,2-6H3,(H,35,36)/t24?,25?,26?,27-,28-,29+,30?,31-,32?,33+,34-/m0/s1. The molecule has 5 unspecified atom stereocenters. The Morgan fingerprint density at radius 2 is 1.48 bits per heavy atom. The van der Waals surface area contributed by atoms with Gasteiger partial charge in [0.1, 0.15) is 37.1 Å². The third-order valence-electron chi connectivity index (χ3n) is 7.85. The number of ether oxygens (including phenoxy) is 10. The summed E-state index contributed by atoms with van der Waals surface area (Å²) in [6.45, 7) is 9.40. The zero-order chi connectivity index (χ0) is 36.4. The van der Waals surface area contributed by atoms with E-state index in [1.54, 1.807) is 6.08 Å². The van der Waals surface area contributed by atoms with Gasteiger partial charge in [0.05, 0.1) is 13.2 Å². The molecule has 3 aliphatic rings. The van der Waals surface area contributed by atoms with Gasteiger partial charge in [-0.05, 0) is 12.8 Å². The van der Waals surface area contributed by atoms with Crippen LogP contribution in [0, 0.1) is 0 Å². The van der Waals surface area contributed by atoms with E-state index in [1.165, 1.54) is 13.8 Å². The van der Waals surface area contributed by atoms with Crippen LogP contribution in [-0.4, -0.2) is 111 Å². The van der Waals surface area contributed by atoms with Crippen molar-refractivity contribution in [2.24, 2.45) is 0 Å². The first kappa shape index (κ1) is 38.9. The van der Waals surface area contributed by atoms with Crippen LogP contribution in [0.3, 0.4) is 0 Å². The van der Waals surface area contributed by atoms with Gasteiger partial charge in [0.15, 0.2) is 37.2 Å². The van der Waals surface area contributed by atoms with Crippen LogP contribution < -0.4 is 5.32 Å². The topological polar surface area (TPSA) is 190 Å². The highest BCUT2D eigenvalue weighted by Gasteiger charge is 2.57. The summed E-state index contributed by atoms with van der Waals surface area (Å²) < 4.78 is 59.6. The monoisotopic (exact) mass is 707 g/mol. The maximum absolute atomic E-state index is 12.6. The molecule has 16 heteroatoms. The molecular formula is C34H45NO15. The van der Waals surface area contributed by atoms with Crippen molar-refractivity contribution >= 4 is 29.8 Å². The Bertz CT molecular complexity index is 1340. The fraction of sp³-hybridized carbons (Fsp3) is 0.618. The minimum absolute atomic E-state index is 0.0436. The molecule has 3 saturated heterocycles. The number of amides is 1. The van der Waals surface area contributed by atoms with Crippen molar-refractivity contribution in [3.05, 3.63) is 48.6 Å². The quantitative estimate of drug-likeness (QED) is 0.127. The number of hydrogen-bond acceptors (Lipinski definition) is 15. The zero-order valence-corrected chi connectivity index (χ0v) is 28.7. The molecule has 3 aliphatic heterocycles. The molecule has 50 heavy (non-hydrogen) atoms. The second kappa shape index (κ2) is 18.3. The average Bonchev–Trinajstić information content (AvgIpc) is 3.05. The number of carbonyl (C=O) groups excluding carboxylic acids is 5. The van der Waals surface area contributed by atoms with E-state index in [9.17, 15) is 24.0 Å². The van der Waals surface area contributed by atoms with Gasteiger partial charge in [-0.3, -0.25) is 24.0 Å². The summed E-state index contributed by atoms with van der Waals surface area (Å²) in [7, 11) is 0. The van der Waals surface area contributed by atoms with E-state index >= 15 is 0 Å². The molecule has 16 nitrogen and oxygen atoms in total. The van der Waals surface area contributed by atoms with Gasteiger partial charge >= 0.3 is 23.9 Å². The molecular weight excluding hydrogens is 662 g/mol. The van der Waals surface area contributed by atoms with E-state index in [2.05, 4.69) is 11.9 Å². The Kier molecular flexibility index (Phi) is 14.3. The van der Waals surface area contributed by atoms with Crippen LogP contribution in [0.2, 0.25) is 0 Å². The summed E-state index contributed by atoms with van der Waals surface area (Å²) in [5.74, 6) is -3.50. The molecule has 3 heterocycles. The van der Waals surface area contributed by atoms with Crippen molar-refractivity contribution in [2.75, 3.05) is 19.8 Å². The number of rotatable bonds is 14. The summed E-state index contributed by atoms with van der Waals surface area (Å²) in [6.07, 6.45) is -8.99. The van der Waals surface area contributed by atoms with Crippen LogP contribution in [0.1, 0.15) is 59.3 Å². The Morgan fingerprint density at radius 3 is 2.10 bits per heavy atom. The van der Waals surface area contributed by atoms with Gasteiger partial charge in [-0.1, -0.05) is 36.4 Å². The van der Waals surface area contributed by atoms with Crippen molar-refractivity contribution in [3.63, 3.8) is 0 Å². The number of nitrogens with one attached hydrogen (secondary N) is 1. The Balaban J connectivity index is 1.77. The number of esters is 4. The lowest BCUT2D eigenvalue weighted by Crippen LogP contribution is -2.70. The minimum atomic E-state index is -1.57. The number of unbranched alkanes of at least 4 members (excludes halogenated alkanes) is 1. The van der Waals surface area contributed by atoms with Gasteiger partial charge in [0.2, 0.25) is 5.91 Å². The van der Waals surface area contributed by atoms with E-state index in [0.29, 0.717) is 18.4 Å². The molecule has 1 aromatic carbocycles. The van der Waals surface area contributed by atoms with Gasteiger partial charge in [0.25, 0.3) is 0 Å². The smallest absolute Gasteiger partial charge is 0.303 e. The van der Waals surface area contributed by atoms with Crippen LogP contribution in [0.25, 0.3) is 0 Å². The van der Waals surface area contributed by atoms with Crippen molar-refractivity contribution in [2.45, 2.75) is 115 Å². The first-order valence-corrected chi connectivity index (χ1v) is 16.3. The maximum atomic E-state index is 12.6. The predicted molar refractivity (Wildman–Crippen MR) is 168 cm³/mol. The highest BCUT2D eigenvalue weighted by Crippen LogP contribution is 2.38. The second-order valence-electron chi connectivity index (χ2n) is 11.9. The highest BCUT2D eigenvalue weighted by atomic mass is 16.8. The lowest BCUT2D eigenvalue weighted by molar-refractivity contribution is -0.378. The Morgan fingerprint density at radius 1 is 0.820 bits per heavy atom. The number of benzene rings is 1. The molecule has 3 fully saturated rings. The summed E-state index contributed by atoms with van der Waals surface area (Å²) in [5, 5.41) is 2.84. The lowest BCUT2D eigenvalue weighted by atomic mass is 9.94.